The van der Waals surface area contributed by atoms with E-state index in [9.17, 15) is 14.6 Å². The molecule has 0 saturated heterocycles. The van der Waals surface area contributed by atoms with Crippen LogP contribution >= 0.6 is 0 Å². The normalized spacial score (nSPS) is 16.4. The molecule has 2 unspecified atom stereocenters. The average Bonchev–Trinajstić information content (AvgIpc) is 3.46. The number of hydrogen-bond acceptors (Lipinski definition) is 4. The maximum Gasteiger partial charge on any atom is 0.123 e. The predicted molar refractivity (Wildman–Crippen MR) is 92.1 cm³/mol. The second-order valence-corrected chi connectivity index (χ2v) is 6.50. The van der Waals surface area contributed by atoms with Crippen LogP contribution in [0.3, 0.4) is 0 Å². The molecular weight excluding hydrogens is 319 g/mol. The Balaban J connectivity index is 1.64. The van der Waals surface area contributed by atoms with Gasteiger partial charge < -0.3 is 10.2 Å². The lowest BCUT2D eigenvalue weighted by atomic mass is 10.1. The third-order valence-electron chi connectivity index (χ3n) is 4.56. The van der Waals surface area contributed by atoms with Gasteiger partial charge in [0.1, 0.15) is 5.82 Å². The minimum absolute atomic E-state index is 0.328. The summed E-state index contributed by atoms with van der Waals surface area (Å²) < 4.78 is 13.0. The van der Waals surface area contributed by atoms with E-state index < -0.39 is 12.2 Å². The Morgan fingerprint density at radius 3 is 1.88 bits per heavy atom. The number of halogens is 1. The Morgan fingerprint density at radius 1 is 0.960 bits per heavy atom. The lowest BCUT2D eigenvalue weighted by Gasteiger charge is -2.27. The number of aliphatic hydroxyl groups excluding tert-OH is 2. The highest BCUT2D eigenvalue weighted by Crippen LogP contribution is 2.31. The van der Waals surface area contributed by atoms with Crippen LogP contribution in [0.2, 0.25) is 0 Å². The van der Waals surface area contributed by atoms with Crippen molar-refractivity contribution in [2.24, 2.45) is 0 Å². The van der Waals surface area contributed by atoms with Gasteiger partial charge in [-0.3, -0.25) is 4.90 Å². The van der Waals surface area contributed by atoms with Gasteiger partial charge in [-0.25, -0.2) is 4.39 Å². The van der Waals surface area contributed by atoms with Crippen molar-refractivity contribution >= 4 is 0 Å². The molecule has 0 heterocycles. The second kappa shape index (κ2) is 7.75. The molecule has 4 nitrogen and oxygen atoms in total. The zero-order valence-corrected chi connectivity index (χ0v) is 13.8. The summed E-state index contributed by atoms with van der Waals surface area (Å²) in [6, 6.07) is 15.2. The molecule has 2 atom stereocenters. The molecule has 0 aromatic heterocycles. The van der Waals surface area contributed by atoms with Crippen LogP contribution in [-0.2, 0) is 0 Å². The Labute approximate surface area is 146 Å². The van der Waals surface area contributed by atoms with Gasteiger partial charge in [0.15, 0.2) is 0 Å². The number of hydrogen-bond donors (Lipinski definition) is 2. The number of aliphatic hydroxyl groups is 2. The third kappa shape index (κ3) is 4.64. The Hall–Kier alpha value is -2.26. The topological polar surface area (TPSA) is 67.5 Å². The first-order chi connectivity index (χ1) is 12.1. The zero-order valence-electron chi connectivity index (χ0n) is 13.8. The Bertz CT molecular complexity index is 736. The van der Waals surface area contributed by atoms with Crippen LogP contribution in [0.1, 0.15) is 41.7 Å². The van der Waals surface area contributed by atoms with Gasteiger partial charge in [-0.2, -0.15) is 5.26 Å². The molecule has 1 aliphatic rings. The van der Waals surface area contributed by atoms with Crippen molar-refractivity contribution in [3.63, 3.8) is 0 Å². The molecule has 1 aliphatic carbocycles. The molecule has 0 bridgehead atoms. The van der Waals surface area contributed by atoms with E-state index in [1.807, 2.05) is 0 Å². The maximum atomic E-state index is 13.0. The average molecular weight is 340 g/mol. The molecule has 3 rings (SSSR count). The van der Waals surface area contributed by atoms with Crippen LogP contribution in [-0.4, -0.2) is 34.2 Å². The lowest BCUT2D eigenvalue weighted by Crippen LogP contribution is -2.34. The van der Waals surface area contributed by atoms with Gasteiger partial charge in [-0.05, 0) is 48.2 Å². The van der Waals surface area contributed by atoms with E-state index in [-0.39, 0.29) is 5.82 Å². The van der Waals surface area contributed by atoms with Crippen molar-refractivity contribution in [1.82, 2.24) is 4.90 Å². The summed E-state index contributed by atoms with van der Waals surface area (Å²) in [5.41, 5.74) is 1.97. The van der Waals surface area contributed by atoms with Crippen molar-refractivity contribution in [3.05, 3.63) is 71.0 Å². The van der Waals surface area contributed by atoms with Crippen LogP contribution < -0.4 is 0 Å². The first-order valence-electron chi connectivity index (χ1n) is 8.42. The van der Waals surface area contributed by atoms with Gasteiger partial charge in [0.25, 0.3) is 0 Å². The summed E-state index contributed by atoms with van der Waals surface area (Å²) in [6.45, 7) is 0.804. The molecule has 0 amide bonds. The molecule has 5 heteroatoms. The number of nitrogens with zero attached hydrogens (tertiary/aromatic N) is 2. The molecule has 0 aliphatic heterocycles. The van der Waals surface area contributed by atoms with Crippen LogP contribution in [0, 0.1) is 17.1 Å². The third-order valence-corrected chi connectivity index (χ3v) is 4.56. The van der Waals surface area contributed by atoms with Crippen LogP contribution in [0.4, 0.5) is 4.39 Å². The molecule has 2 aromatic carbocycles. The van der Waals surface area contributed by atoms with Gasteiger partial charge in [0.2, 0.25) is 0 Å². The van der Waals surface area contributed by atoms with Crippen molar-refractivity contribution in [2.75, 3.05) is 13.1 Å². The van der Waals surface area contributed by atoms with Crippen molar-refractivity contribution in [2.45, 2.75) is 31.1 Å². The quantitative estimate of drug-likeness (QED) is 0.813. The summed E-state index contributed by atoms with van der Waals surface area (Å²) in [5, 5.41) is 29.8. The molecule has 0 radical (unpaired) electrons. The molecule has 130 valence electrons. The van der Waals surface area contributed by atoms with Crippen molar-refractivity contribution < 1.29 is 14.6 Å². The molecule has 25 heavy (non-hydrogen) atoms. The zero-order chi connectivity index (χ0) is 17.8. The first-order valence-corrected chi connectivity index (χ1v) is 8.42. The minimum atomic E-state index is -0.727. The highest BCUT2D eigenvalue weighted by molar-refractivity contribution is 5.32. The Kier molecular flexibility index (Phi) is 5.44. The summed E-state index contributed by atoms with van der Waals surface area (Å²) in [7, 11) is 0. The van der Waals surface area contributed by atoms with Gasteiger partial charge in [0.05, 0.1) is 23.8 Å². The monoisotopic (exact) mass is 340 g/mol. The predicted octanol–water partition coefficient (Wildman–Crippen LogP) is 2.93. The summed E-state index contributed by atoms with van der Waals surface area (Å²) >= 11 is 0. The molecular formula is C20H21FN2O2. The standard InChI is InChI=1S/C20H21FN2O2/c21-17-7-5-16(6-8-17)20(25)13-23(18-9-10-18)12-19(24)15-3-1-14(11-22)2-4-15/h1-8,18-20,24-25H,9-10,12-13H2. The smallest absolute Gasteiger partial charge is 0.123 e. The highest BCUT2D eigenvalue weighted by atomic mass is 19.1. The maximum absolute atomic E-state index is 13.0. The highest BCUT2D eigenvalue weighted by Gasteiger charge is 2.32. The summed E-state index contributed by atoms with van der Waals surface area (Å²) in [6.07, 6.45) is 0.690. The van der Waals surface area contributed by atoms with E-state index >= 15 is 0 Å². The van der Waals surface area contributed by atoms with Gasteiger partial charge >= 0.3 is 0 Å². The number of benzene rings is 2. The molecule has 2 N–H and O–H groups in total. The van der Waals surface area contributed by atoms with Gasteiger partial charge in [-0.1, -0.05) is 24.3 Å². The van der Waals surface area contributed by atoms with E-state index in [1.165, 1.54) is 12.1 Å². The fourth-order valence-electron chi connectivity index (χ4n) is 2.93. The van der Waals surface area contributed by atoms with Crippen LogP contribution in [0.25, 0.3) is 0 Å². The van der Waals surface area contributed by atoms with E-state index in [0.717, 1.165) is 18.4 Å². The lowest BCUT2D eigenvalue weighted by molar-refractivity contribution is 0.0643. The fourth-order valence-corrected chi connectivity index (χ4v) is 2.93. The Morgan fingerprint density at radius 2 is 1.44 bits per heavy atom. The molecule has 1 saturated carbocycles. The van der Waals surface area contributed by atoms with Crippen LogP contribution in [0.15, 0.2) is 48.5 Å². The second-order valence-electron chi connectivity index (χ2n) is 6.50. The molecule has 2 aromatic rings. The van der Waals surface area contributed by atoms with E-state index in [0.29, 0.717) is 30.3 Å². The van der Waals surface area contributed by atoms with Crippen LogP contribution in [0.5, 0.6) is 0 Å². The molecule has 1 fully saturated rings. The van der Waals surface area contributed by atoms with E-state index in [1.54, 1.807) is 36.4 Å². The van der Waals surface area contributed by atoms with Gasteiger partial charge in [-0.15, -0.1) is 0 Å². The first kappa shape index (κ1) is 17.6. The van der Waals surface area contributed by atoms with E-state index in [2.05, 4.69) is 11.0 Å². The molecule has 0 spiro atoms. The number of nitriles is 1. The van der Waals surface area contributed by atoms with E-state index in [4.69, 9.17) is 5.26 Å². The minimum Gasteiger partial charge on any atom is -0.387 e. The fraction of sp³-hybridized carbons (Fsp3) is 0.350. The van der Waals surface area contributed by atoms with Crippen molar-refractivity contribution in [3.8, 4) is 6.07 Å². The summed E-state index contributed by atoms with van der Waals surface area (Å²) in [4.78, 5) is 2.08. The number of rotatable bonds is 7. The largest absolute Gasteiger partial charge is 0.387 e. The summed E-state index contributed by atoms with van der Waals surface area (Å²) in [5.74, 6) is -0.328. The van der Waals surface area contributed by atoms with Gasteiger partial charge in [0, 0.05) is 19.1 Å². The SMILES string of the molecule is N#Cc1ccc(C(O)CN(CC(O)c2ccc(F)cc2)C2CC2)cc1. The van der Waals surface area contributed by atoms with Crippen molar-refractivity contribution in [1.29, 1.82) is 5.26 Å².